The summed E-state index contributed by atoms with van der Waals surface area (Å²) in [5.41, 5.74) is 1.19. The van der Waals surface area contributed by atoms with Crippen molar-refractivity contribution in [1.82, 2.24) is 19.7 Å². The van der Waals surface area contributed by atoms with Gasteiger partial charge in [0.15, 0.2) is 11.0 Å². The maximum Gasteiger partial charge on any atom is 0.337 e. The summed E-state index contributed by atoms with van der Waals surface area (Å²) >= 11 is 1.22. The van der Waals surface area contributed by atoms with Crippen molar-refractivity contribution < 1.29 is 14.7 Å². The van der Waals surface area contributed by atoms with Crippen molar-refractivity contribution in [3.63, 3.8) is 0 Å². The number of rotatable bonds is 6. The zero-order chi connectivity index (χ0) is 18.5. The van der Waals surface area contributed by atoms with Crippen LogP contribution in [0.15, 0.2) is 53.9 Å². The average Bonchev–Trinajstić information content (AvgIpc) is 3.01. The molecule has 26 heavy (non-hydrogen) atoms. The number of carboxylic acid groups (broad SMARTS) is 1. The first kappa shape index (κ1) is 17.6. The van der Waals surface area contributed by atoms with Gasteiger partial charge in [0.25, 0.3) is 0 Å². The van der Waals surface area contributed by atoms with E-state index in [9.17, 15) is 9.59 Å². The number of aromatic carboxylic acids is 1. The van der Waals surface area contributed by atoms with Gasteiger partial charge in [-0.05, 0) is 24.3 Å². The minimum atomic E-state index is -1.09. The third-order valence-corrected chi connectivity index (χ3v) is 4.56. The van der Waals surface area contributed by atoms with Crippen molar-refractivity contribution in [2.75, 3.05) is 11.1 Å². The lowest BCUT2D eigenvalue weighted by Gasteiger charge is -2.08. The summed E-state index contributed by atoms with van der Waals surface area (Å²) in [5, 5.41) is 20.6. The largest absolute Gasteiger partial charge is 0.478 e. The molecule has 0 atom stereocenters. The van der Waals surface area contributed by atoms with Gasteiger partial charge in [0.2, 0.25) is 5.91 Å². The van der Waals surface area contributed by atoms with Crippen molar-refractivity contribution in [3.8, 4) is 11.4 Å². The molecule has 3 aromatic rings. The van der Waals surface area contributed by atoms with E-state index in [1.54, 1.807) is 35.2 Å². The van der Waals surface area contributed by atoms with Gasteiger partial charge >= 0.3 is 5.97 Å². The number of amides is 1. The normalized spacial score (nSPS) is 10.5. The van der Waals surface area contributed by atoms with Gasteiger partial charge in [-0.25, -0.2) is 4.79 Å². The Hall–Kier alpha value is -3.20. The fourth-order valence-corrected chi connectivity index (χ4v) is 3.00. The number of pyridine rings is 1. The molecule has 0 spiro atoms. The standard InChI is InChI=1S/C17H15N5O3S/c1-22-15(11-6-8-18-9-7-11)20-21-17(22)26-10-14(23)19-13-5-3-2-4-12(13)16(24)25/h2-9H,10H2,1H3,(H,19,23)(H,24,25). The molecule has 0 saturated carbocycles. The van der Waals surface area contributed by atoms with E-state index in [1.165, 1.54) is 17.8 Å². The van der Waals surface area contributed by atoms with E-state index in [4.69, 9.17) is 5.11 Å². The highest BCUT2D eigenvalue weighted by Crippen LogP contribution is 2.22. The van der Waals surface area contributed by atoms with E-state index in [-0.39, 0.29) is 22.9 Å². The van der Waals surface area contributed by atoms with Gasteiger partial charge in [0, 0.05) is 25.0 Å². The molecule has 0 bridgehead atoms. The Balaban J connectivity index is 1.66. The van der Waals surface area contributed by atoms with E-state index in [1.807, 2.05) is 19.2 Å². The summed E-state index contributed by atoms with van der Waals surface area (Å²) in [4.78, 5) is 27.3. The third-order valence-electron chi connectivity index (χ3n) is 3.54. The quantitative estimate of drug-likeness (QED) is 0.642. The Morgan fingerprint density at radius 1 is 1.15 bits per heavy atom. The van der Waals surface area contributed by atoms with E-state index < -0.39 is 5.97 Å². The molecule has 2 aromatic heterocycles. The number of hydrogen-bond acceptors (Lipinski definition) is 6. The van der Waals surface area contributed by atoms with Crippen LogP contribution in [0.5, 0.6) is 0 Å². The minimum absolute atomic E-state index is 0.0458. The molecule has 3 rings (SSSR count). The highest BCUT2D eigenvalue weighted by Gasteiger charge is 2.15. The molecule has 8 nitrogen and oxygen atoms in total. The second kappa shape index (κ2) is 7.79. The van der Waals surface area contributed by atoms with Crippen LogP contribution in [0.25, 0.3) is 11.4 Å². The summed E-state index contributed by atoms with van der Waals surface area (Å²) < 4.78 is 1.79. The van der Waals surface area contributed by atoms with Crippen molar-refractivity contribution in [2.45, 2.75) is 5.16 Å². The van der Waals surface area contributed by atoms with Gasteiger partial charge in [0.05, 0.1) is 17.0 Å². The van der Waals surface area contributed by atoms with E-state index >= 15 is 0 Å². The SMILES string of the molecule is Cn1c(SCC(=O)Nc2ccccc2C(=O)O)nnc1-c1ccncc1. The Bertz CT molecular complexity index is 943. The van der Waals surface area contributed by atoms with Crippen LogP contribution in [0, 0.1) is 0 Å². The molecule has 9 heteroatoms. The Morgan fingerprint density at radius 2 is 1.88 bits per heavy atom. The highest BCUT2D eigenvalue weighted by atomic mass is 32.2. The molecule has 1 aromatic carbocycles. The van der Waals surface area contributed by atoms with Crippen LogP contribution in [0.4, 0.5) is 5.69 Å². The predicted molar refractivity (Wildman–Crippen MR) is 97.0 cm³/mol. The fraction of sp³-hybridized carbons (Fsp3) is 0.118. The van der Waals surface area contributed by atoms with E-state index in [2.05, 4.69) is 20.5 Å². The van der Waals surface area contributed by atoms with E-state index in [0.717, 1.165) is 5.56 Å². The maximum atomic E-state index is 12.2. The summed E-state index contributed by atoms with van der Waals surface area (Å²) in [6, 6.07) is 9.92. The number of benzene rings is 1. The molecule has 0 aliphatic rings. The molecule has 0 unspecified atom stereocenters. The first-order valence-electron chi connectivity index (χ1n) is 7.61. The smallest absolute Gasteiger partial charge is 0.337 e. The number of carboxylic acids is 1. The van der Waals surface area contributed by atoms with Crippen LogP contribution in [-0.4, -0.2) is 42.5 Å². The van der Waals surface area contributed by atoms with Crippen LogP contribution in [0.2, 0.25) is 0 Å². The van der Waals surface area contributed by atoms with Crippen LogP contribution in [0.1, 0.15) is 10.4 Å². The number of aromatic nitrogens is 4. The van der Waals surface area contributed by atoms with Crippen LogP contribution < -0.4 is 5.32 Å². The molecule has 132 valence electrons. The number of nitrogens with zero attached hydrogens (tertiary/aromatic N) is 4. The van der Waals surface area contributed by atoms with Gasteiger partial charge in [-0.3, -0.25) is 9.78 Å². The second-order valence-electron chi connectivity index (χ2n) is 5.29. The molecule has 1 amide bonds. The molecule has 2 heterocycles. The van der Waals surface area contributed by atoms with Gasteiger partial charge in [-0.1, -0.05) is 23.9 Å². The van der Waals surface area contributed by atoms with Gasteiger partial charge < -0.3 is 15.0 Å². The number of para-hydroxylation sites is 1. The summed E-state index contributed by atoms with van der Waals surface area (Å²) in [7, 11) is 1.82. The fourth-order valence-electron chi connectivity index (χ4n) is 2.29. The number of carbonyl (C=O) groups is 2. The number of carbonyl (C=O) groups excluding carboxylic acids is 1. The van der Waals surface area contributed by atoms with Crippen molar-refractivity contribution in [1.29, 1.82) is 0 Å². The van der Waals surface area contributed by atoms with Crippen LogP contribution >= 0.6 is 11.8 Å². The first-order valence-corrected chi connectivity index (χ1v) is 8.59. The molecular weight excluding hydrogens is 354 g/mol. The molecular formula is C17H15N5O3S. The molecule has 0 aliphatic heterocycles. The summed E-state index contributed by atoms with van der Waals surface area (Å²) in [6.07, 6.45) is 3.34. The average molecular weight is 369 g/mol. The number of thioether (sulfide) groups is 1. The van der Waals surface area contributed by atoms with E-state index in [0.29, 0.717) is 11.0 Å². The molecule has 0 aliphatic carbocycles. The predicted octanol–water partition coefficient (Wildman–Crippen LogP) is 2.31. The van der Waals surface area contributed by atoms with Crippen molar-refractivity contribution >= 4 is 29.3 Å². The maximum absolute atomic E-state index is 12.2. The van der Waals surface area contributed by atoms with Gasteiger partial charge in [-0.15, -0.1) is 10.2 Å². The van der Waals surface area contributed by atoms with Gasteiger partial charge in [-0.2, -0.15) is 0 Å². The first-order chi connectivity index (χ1) is 12.6. The highest BCUT2D eigenvalue weighted by molar-refractivity contribution is 7.99. The molecule has 0 saturated heterocycles. The second-order valence-corrected chi connectivity index (χ2v) is 6.23. The zero-order valence-electron chi connectivity index (χ0n) is 13.8. The topological polar surface area (TPSA) is 110 Å². The number of anilines is 1. The van der Waals surface area contributed by atoms with Crippen LogP contribution in [-0.2, 0) is 11.8 Å². The van der Waals surface area contributed by atoms with Crippen molar-refractivity contribution in [3.05, 3.63) is 54.4 Å². The molecule has 0 radical (unpaired) electrons. The Kier molecular flexibility index (Phi) is 5.28. The number of hydrogen-bond donors (Lipinski definition) is 2. The molecule has 0 fully saturated rings. The lowest BCUT2D eigenvalue weighted by atomic mass is 10.2. The number of nitrogens with one attached hydrogen (secondary N) is 1. The third kappa shape index (κ3) is 3.89. The lowest BCUT2D eigenvalue weighted by Crippen LogP contribution is -2.16. The summed E-state index contributed by atoms with van der Waals surface area (Å²) in [6.45, 7) is 0. The monoisotopic (exact) mass is 369 g/mol. The Labute approximate surface area is 153 Å². The zero-order valence-corrected chi connectivity index (χ0v) is 14.6. The Morgan fingerprint density at radius 3 is 2.62 bits per heavy atom. The summed E-state index contributed by atoms with van der Waals surface area (Å²) in [5.74, 6) is -0.663. The minimum Gasteiger partial charge on any atom is -0.478 e. The van der Waals surface area contributed by atoms with Gasteiger partial charge in [0.1, 0.15) is 0 Å². The van der Waals surface area contributed by atoms with Crippen LogP contribution in [0.3, 0.4) is 0 Å². The van der Waals surface area contributed by atoms with Crippen molar-refractivity contribution in [2.24, 2.45) is 7.05 Å². The lowest BCUT2D eigenvalue weighted by molar-refractivity contribution is -0.113. The molecule has 2 N–H and O–H groups in total.